The van der Waals surface area contributed by atoms with Crippen LogP contribution in [0.3, 0.4) is 0 Å². The normalized spacial score (nSPS) is 14.9. The quantitative estimate of drug-likeness (QED) is 0.336. The van der Waals surface area contributed by atoms with Crippen molar-refractivity contribution in [3.63, 3.8) is 0 Å². The summed E-state index contributed by atoms with van der Waals surface area (Å²) in [6, 6.07) is 2.33. The third-order valence-corrected chi connectivity index (χ3v) is 1.85. The Labute approximate surface area is 81.2 Å². The van der Waals surface area contributed by atoms with Crippen molar-refractivity contribution in [3.8, 4) is 0 Å². The first-order valence-electron chi connectivity index (χ1n) is 3.34. The Balaban J connectivity index is 3.33. The second-order valence-electron chi connectivity index (χ2n) is 2.40. The highest BCUT2D eigenvalue weighted by Crippen LogP contribution is 2.33. The third-order valence-electron chi connectivity index (χ3n) is 1.50. The second kappa shape index (κ2) is 3.45. The van der Waals surface area contributed by atoms with Crippen LogP contribution >= 0.6 is 11.6 Å². The molecule has 0 amide bonds. The van der Waals surface area contributed by atoms with Crippen molar-refractivity contribution < 1.29 is 18.1 Å². The van der Waals surface area contributed by atoms with Crippen molar-refractivity contribution in [2.24, 2.45) is 0 Å². The number of nitro groups is 1. The SMILES string of the molecule is O=[N+]([O-])C(F)(Cl)c1cccc(F)c1F. The van der Waals surface area contributed by atoms with E-state index in [-0.39, 0.29) is 0 Å². The Morgan fingerprint density at radius 3 is 2.50 bits per heavy atom. The standard InChI is InChI=1S/C7H3ClF3NO2/c8-7(11,12(13)14)4-2-1-3-5(9)6(4)10/h1-3H. The lowest BCUT2D eigenvalue weighted by Gasteiger charge is -2.09. The van der Waals surface area contributed by atoms with Crippen LogP contribution in [-0.2, 0) is 5.25 Å². The molecule has 0 fully saturated rings. The van der Waals surface area contributed by atoms with Crippen LogP contribution in [0, 0.1) is 21.7 Å². The number of alkyl halides is 2. The van der Waals surface area contributed by atoms with Gasteiger partial charge in [0.25, 0.3) is 0 Å². The Bertz CT molecular complexity index is 383. The van der Waals surface area contributed by atoms with Crippen LogP contribution in [0.15, 0.2) is 18.2 Å². The van der Waals surface area contributed by atoms with Crippen molar-refractivity contribution in [2.45, 2.75) is 5.25 Å². The van der Waals surface area contributed by atoms with Crippen molar-refractivity contribution >= 4 is 11.6 Å². The van der Waals surface area contributed by atoms with Crippen molar-refractivity contribution in [3.05, 3.63) is 45.5 Å². The number of hydrogen-bond donors (Lipinski definition) is 0. The van der Waals surface area contributed by atoms with Crippen LogP contribution in [0.2, 0.25) is 0 Å². The van der Waals surface area contributed by atoms with Gasteiger partial charge in [0.1, 0.15) is 5.56 Å². The second-order valence-corrected chi connectivity index (χ2v) is 2.90. The van der Waals surface area contributed by atoms with Gasteiger partial charge in [-0.2, -0.15) is 0 Å². The largest absolute Gasteiger partial charge is 0.467 e. The maximum Gasteiger partial charge on any atom is 0.467 e. The van der Waals surface area contributed by atoms with Gasteiger partial charge in [-0.25, -0.2) is 8.78 Å². The predicted molar refractivity (Wildman–Crippen MR) is 42.0 cm³/mol. The van der Waals surface area contributed by atoms with E-state index in [0.717, 1.165) is 6.07 Å². The van der Waals surface area contributed by atoms with Crippen molar-refractivity contribution in [2.75, 3.05) is 0 Å². The topological polar surface area (TPSA) is 43.1 Å². The van der Waals surface area contributed by atoms with Crippen LogP contribution in [0.1, 0.15) is 5.56 Å². The molecule has 1 rings (SSSR count). The first-order valence-corrected chi connectivity index (χ1v) is 3.72. The molecule has 1 atom stereocenters. The van der Waals surface area contributed by atoms with E-state index in [4.69, 9.17) is 11.6 Å². The molecule has 0 spiro atoms. The molecule has 7 heteroatoms. The molecule has 1 unspecified atom stereocenters. The van der Waals surface area contributed by atoms with E-state index in [1.54, 1.807) is 0 Å². The fourth-order valence-electron chi connectivity index (χ4n) is 0.834. The minimum absolute atomic E-state index is 0.700. The third kappa shape index (κ3) is 1.65. The van der Waals surface area contributed by atoms with Crippen LogP contribution in [-0.4, -0.2) is 4.92 Å². The summed E-state index contributed by atoms with van der Waals surface area (Å²) in [5, 5.41) is 6.45. The zero-order valence-electron chi connectivity index (χ0n) is 6.51. The minimum atomic E-state index is -3.65. The summed E-state index contributed by atoms with van der Waals surface area (Å²) in [5.74, 6) is -3.06. The smallest absolute Gasteiger partial charge is 0.260 e. The average molecular weight is 226 g/mol. The molecule has 14 heavy (non-hydrogen) atoms. The lowest BCUT2D eigenvalue weighted by Crippen LogP contribution is -2.25. The number of rotatable bonds is 2. The first-order chi connectivity index (χ1) is 6.37. The number of hydrogen-bond acceptors (Lipinski definition) is 2. The molecule has 0 aliphatic rings. The molecule has 0 radical (unpaired) electrons. The van der Waals surface area contributed by atoms with Gasteiger partial charge in [-0.05, 0) is 12.1 Å². The van der Waals surface area contributed by atoms with Crippen LogP contribution < -0.4 is 0 Å². The lowest BCUT2D eigenvalue weighted by molar-refractivity contribution is -0.585. The predicted octanol–water partition coefficient (Wildman–Crippen LogP) is 2.56. The van der Waals surface area contributed by atoms with Gasteiger partial charge in [0.15, 0.2) is 11.6 Å². The summed E-state index contributed by atoms with van der Waals surface area (Å²) in [6.07, 6.45) is 0. The lowest BCUT2D eigenvalue weighted by atomic mass is 10.2. The van der Waals surface area contributed by atoms with E-state index in [1.165, 1.54) is 0 Å². The van der Waals surface area contributed by atoms with Gasteiger partial charge < -0.3 is 0 Å². The summed E-state index contributed by atoms with van der Waals surface area (Å²) in [4.78, 5) is 8.55. The zero-order chi connectivity index (χ0) is 10.9. The molecule has 0 saturated heterocycles. The van der Waals surface area contributed by atoms with Gasteiger partial charge >= 0.3 is 5.25 Å². The number of benzene rings is 1. The molecule has 0 N–H and O–H groups in total. The maximum absolute atomic E-state index is 13.0. The molecule has 0 aromatic heterocycles. The van der Waals surface area contributed by atoms with Crippen LogP contribution in [0.5, 0.6) is 0 Å². The van der Waals surface area contributed by atoms with Crippen LogP contribution in [0.25, 0.3) is 0 Å². The molecule has 0 aliphatic carbocycles. The van der Waals surface area contributed by atoms with Gasteiger partial charge in [0, 0.05) is 11.6 Å². The maximum atomic E-state index is 13.0. The molecular formula is C7H3ClF3NO2. The van der Waals surface area contributed by atoms with Crippen LogP contribution in [0.4, 0.5) is 13.2 Å². The number of halogens is 4. The van der Waals surface area contributed by atoms with E-state index >= 15 is 0 Å². The van der Waals surface area contributed by atoms with Gasteiger partial charge in [-0.1, -0.05) is 6.07 Å². The van der Waals surface area contributed by atoms with E-state index in [1.807, 2.05) is 0 Å². The molecular weight excluding hydrogens is 223 g/mol. The Hall–Kier alpha value is -1.30. The highest BCUT2D eigenvalue weighted by molar-refractivity contribution is 6.21. The molecule has 1 aromatic rings. The summed E-state index contributed by atoms with van der Waals surface area (Å²) < 4.78 is 38.4. The molecule has 3 nitrogen and oxygen atoms in total. The van der Waals surface area contributed by atoms with Gasteiger partial charge in [0.05, 0.1) is 4.92 Å². The first kappa shape index (κ1) is 10.8. The summed E-state index contributed by atoms with van der Waals surface area (Å²) in [7, 11) is 0. The highest BCUT2D eigenvalue weighted by Gasteiger charge is 2.46. The molecule has 0 bridgehead atoms. The van der Waals surface area contributed by atoms with Crippen molar-refractivity contribution in [1.29, 1.82) is 0 Å². The number of nitrogens with zero attached hydrogens (tertiary/aromatic N) is 1. The molecule has 0 saturated carbocycles. The zero-order valence-corrected chi connectivity index (χ0v) is 7.26. The van der Waals surface area contributed by atoms with E-state index in [0.29, 0.717) is 12.1 Å². The summed E-state index contributed by atoms with van der Waals surface area (Å²) in [5.41, 5.74) is -1.15. The highest BCUT2D eigenvalue weighted by atomic mass is 35.5. The Morgan fingerprint density at radius 2 is 2.00 bits per heavy atom. The molecule has 0 aliphatic heterocycles. The fourth-order valence-corrected chi connectivity index (χ4v) is 0.980. The van der Waals surface area contributed by atoms with Crippen molar-refractivity contribution in [1.82, 2.24) is 0 Å². The fraction of sp³-hybridized carbons (Fsp3) is 0.143. The van der Waals surface area contributed by atoms with E-state index < -0.39 is 27.4 Å². The minimum Gasteiger partial charge on any atom is -0.260 e. The van der Waals surface area contributed by atoms with E-state index in [2.05, 4.69) is 0 Å². The monoisotopic (exact) mass is 225 g/mol. The van der Waals surface area contributed by atoms with Gasteiger partial charge in [-0.3, -0.25) is 10.1 Å². The molecule has 1 aromatic carbocycles. The van der Waals surface area contributed by atoms with Gasteiger partial charge in [0.2, 0.25) is 0 Å². The summed E-state index contributed by atoms with van der Waals surface area (Å²) >= 11 is 4.80. The summed E-state index contributed by atoms with van der Waals surface area (Å²) in [6.45, 7) is 0. The van der Waals surface area contributed by atoms with E-state index in [9.17, 15) is 23.3 Å². The Morgan fingerprint density at radius 1 is 1.43 bits per heavy atom. The molecule has 76 valence electrons. The van der Waals surface area contributed by atoms with Gasteiger partial charge in [-0.15, -0.1) is 4.39 Å². The Kier molecular flexibility index (Phi) is 2.66. The molecule has 0 heterocycles. The average Bonchev–Trinajstić information content (AvgIpc) is 2.09.